The molecule has 0 spiro atoms. The van der Waals surface area contributed by atoms with Gasteiger partial charge in [-0.05, 0) is 39.4 Å². The molecule has 0 aliphatic carbocycles. The number of aromatic nitrogens is 1. The van der Waals surface area contributed by atoms with Crippen molar-refractivity contribution in [2.45, 2.75) is 33.2 Å². The minimum absolute atomic E-state index is 0.518. The summed E-state index contributed by atoms with van der Waals surface area (Å²) < 4.78 is 5.51. The second-order valence-corrected chi connectivity index (χ2v) is 4.94. The monoisotopic (exact) mass is 266 g/mol. The van der Waals surface area contributed by atoms with Gasteiger partial charge in [-0.15, -0.1) is 0 Å². The summed E-state index contributed by atoms with van der Waals surface area (Å²) in [5.41, 5.74) is 6.41. The number of nitrogen functional groups attached to an aromatic ring is 1. The number of likely N-dealkylation sites (N-methyl/N-ethyl adjacent to an activating group) is 1. The minimum atomic E-state index is 0.518. The lowest BCUT2D eigenvalue weighted by atomic mass is 10.3. The van der Waals surface area contributed by atoms with Gasteiger partial charge in [0.25, 0.3) is 0 Å². The second-order valence-electron chi connectivity index (χ2n) is 4.94. The minimum Gasteiger partial charge on any atom is -0.476 e. The molecule has 108 valence electrons. The van der Waals surface area contributed by atoms with Crippen LogP contribution in [-0.4, -0.2) is 42.7 Å². The lowest BCUT2D eigenvalue weighted by molar-refractivity contribution is 0.284. The maximum absolute atomic E-state index is 5.82. The van der Waals surface area contributed by atoms with Crippen LogP contribution in [0.1, 0.15) is 27.2 Å². The Morgan fingerprint density at radius 1 is 1.42 bits per heavy atom. The quantitative estimate of drug-likeness (QED) is 0.755. The molecule has 0 amide bonds. The average molecular weight is 266 g/mol. The number of nitrogens with zero attached hydrogens (tertiary/aromatic N) is 2. The highest BCUT2D eigenvalue weighted by atomic mass is 16.5. The van der Waals surface area contributed by atoms with Crippen LogP contribution in [0, 0.1) is 0 Å². The zero-order valence-electron chi connectivity index (χ0n) is 12.4. The number of nitrogens with one attached hydrogen (secondary N) is 1. The Morgan fingerprint density at radius 3 is 2.79 bits per heavy atom. The van der Waals surface area contributed by atoms with Crippen LogP contribution < -0.4 is 15.8 Å². The number of hydrogen-bond donors (Lipinski definition) is 2. The SMILES string of the molecule is CCCOc1nc(NCCN(C)C(C)C)ccc1N. The van der Waals surface area contributed by atoms with Crippen LogP contribution in [0.15, 0.2) is 12.1 Å². The largest absolute Gasteiger partial charge is 0.476 e. The van der Waals surface area contributed by atoms with Gasteiger partial charge < -0.3 is 20.7 Å². The van der Waals surface area contributed by atoms with Gasteiger partial charge in [-0.25, -0.2) is 0 Å². The average Bonchev–Trinajstić information content (AvgIpc) is 2.38. The summed E-state index contributed by atoms with van der Waals surface area (Å²) in [4.78, 5) is 6.65. The number of nitrogens with two attached hydrogens (primary N) is 1. The molecule has 0 aliphatic rings. The Labute approximate surface area is 116 Å². The predicted molar refractivity (Wildman–Crippen MR) is 80.7 cm³/mol. The Hall–Kier alpha value is -1.49. The van der Waals surface area contributed by atoms with E-state index in [1.807, 2.05) is 12.1 Å². The van der Waals surface area contributed by atoms with Crippen molar-refractivity contribution in [2.24, 2.45) is 0 Å². The van der Waals surface area contributed by atoms with E-state index in [0.717, 1.165) is 25.3 Å². The van der Waals surface area contributed by atoms with Gasteiger partial charge in [-0.3, -0.25) is 0 Å². The van der Waals surface area contributed by atoms with Gasteiger partial charge in [0.05, 0.1) is 12.3 Å². The molecule has 0 saturated carbocycles. The van der Waals surface area contributed by atoms with Crippen molar-refractivity contribution in [3.05, 3.63) is 12.1 Å². The first kappa shape index (κ1) is 15.6. The first-order valence-electron chi connectivity index (χ1n) is 6.88. The second kappa shape index (κ2) is 7.84. The Kier molecular flexibility index (Phi) is 6.42. The highest BCUT2D eigenvalue weighted by molar-refractivity contribution is 5.53. The highest BCUT2D eigenvalue weighted by Crippen LogP contribution is 2.20. The molecule has 3 N–H and O–H groups in total. The number of anilines is 2. The van der Waals surface area contributed by atoms with Gasteiger partial charge in [-0.2, -0.15) is 4.98 Å². The standard InChI is InChI=1S/C14H26N4O/c1-5-10-19-14-12(15)6-7-13(17-14)16-8-9-18(4)11(2)3/h6-7,11H,5,8-10,15H2,1-4H3,(H,16,17). The third-order valence-corrected chi connectivity index (χ3v) is 2.98. The summed E-state index contributed by atoms with van der Waals surface area (Å²) in [6.45, 7) is 8.86. The molecule has 1 aromatic heterocycles. The zero-order valence-corrected chi connectivity index (χ0v) is 12.4. The molecule has 0 bridgehead atoms. The lowest BCUT2D eigenvalue weighted by Crippen LogP contribution is -2.31. The van der Waals surface area contributed by atoms with Crippen LogP contribution in [0.2, 0.25) is 0 Å². The Balaban J connectivity index is 2.50. The van der Waals surface area contributed by atoms with E-state index >= 15 is 0 Å². The maximum Gasteiger partial charge on any atom is 0.239 e. The molecule has 19 heavy (non-hydrogen) atoms. The zero-order chi connectivity index (χ0) is 14.3. The van der Waals surface area contributed by atoms with E-state index in [2.05, 4.69) is 43.0 Å². The van der Waals surface area contributed by atoms with Crippen molar-refractivity contribution in [1.82, 2.24) is 9.88 Å². The van der Waals surface area contributed by atoms with Gasteiger partial charge in [-0.1, -0.05) is 6.92 Å². The predicted octanol–water partition coefficient (Wildman–Crippen LogP) is 2.20. The summed E-state index contributed by atoms with van der Waals surface area (Å²) in [7, 11) is 2.11. The van der Waals surface area contributed by atoms with Crippen molar-refractivity contribution in [1.29, 1.82) is 0 Å². The molecule has 5 heteroatoms. The van der Waals surface area contributed by atoms with E-state index in [1.165, 1.54) is 0 Å². The molecular weight excluding hydrogens is 240 g/mol. The van der Waals surface area contributed by atoms with Crippen molar-refractivity contribution in [3.63, 3.8) is 0 Å². The van der Waals surface area contributed by atoms with Crippen LogP contribution in [-0.2, 0) is 0 Å². The van der Waals surface area contributed by atoms with Gasteiger partial charge in [0, 0.05) is 19.1 Å². The Morgan fingerprint density at radius 2 is 2.16 bits per heavy atom. The van der Waals surface area contributed by atoms with Crippen LogP contribution in [0.5, 0.6) is 5.88 Å². The lowest BCUT2D eigenvalue weighted by Gasteiger charge is -2.21. The van der Waals surface area contributed by atoms with Crippen LogP contribution in [0.3, 0.4) is 0 Å². The summed E-state index contributed by atoms with van der Waals surface area (Å²) in [6, 6.07) is 4.25. The van der Waals surface area contributed by atoms with E-state index in [4.69, 9.17) is 10.5 Å². The van der Waals surface area contributed by atoms with Gasteiger partial charge in [0.15, 0.2) is 0 Å². The number of ether oxygens (including phenoxy) is 1. The van der Waals surface area contributed by atoms with Crippen molar-refractivity contribution in [3.8, 4) is 5.88 Å². The van der Waals surface area contributed by atoms with E-state index in [-0.39, 0.29) is 0 Å². The third-order valence-electron chi connectivity index (χ3n) is 2.98. The molecule has 0 saturated heterocycles. The van der Waals surface area contributed by atoms with E-state index in [1.54, 1.807) is 0 Å². The number of pyridine rings is 1. The number of hydrogen-bond acceptors (Lipinski definition) is 5. The summed E-state index contributed by atoms with van der Waals surface area (Å²) in [6.07, 6.45) is 0.942. The van der Waals surface area contributed by atoms with Crippen LogP contribution in [0.25, 0.3) is 0 Å². The van der Waals surface area contributed by atoms with Crippen molar-refractivity contribution >= 4 is 11.5 Å². The van der Waals surface area contributed by atoms with E-state index in [0.29, 0.717) is 24.2 Å². The first-order valence-corrected chi connectivity index (χ1v) is 6.88. The summed E-state index contributed by atoms with van der Waals surface area (Å²) in [5, 5.41) is 3.29. The Bertz CT molecular complexity index is 382. The molecule has 5 nitrogen and oxygen atoms in total. The van der Waals surface area contributed by atoms with E-state index < -0.39 is 0 Å². The first-order chi connectivity index (χ1) is 9.04. The van der Waals surface area contributed by atoms with Crippen LogP contribution in [0.4, 0.5) is 11.5 Å². The smallest absolute Gasteiger partial charge is 0.239 e. The van der Waals surface area contributed by atoms with Crippen LogP contribution >= 0.6 is 0 Å². The molecule has 1 aromatic rings. The van der Waals surface area contributed by atoms with E-state index in [9.17, 15) is 0 Å². The van der Waals surface area contributed by atoms with Gasteiger partial charge in [0.2, 0.25) is 5.88 Å². The van der Waals surface area contributed by atoms with Gasteiger partial charge >= 0.3 is 0 Å². The molecule has 0 fully saturated rings. The fourth-order valence-electron chi connectivity index (χ4n) is 1.48. The van der Waals surface area contributed by atoms with Gasteiger partial charge in [0.1, 0.15) is 5.82 Å². The highest BCUT2D eigenvalue weighted by Gasteiger charge is 2.05. The third kappa shape index (κ3) is 5.34. The fourth-order valence-corrected chi connectivity index (χ4v) is 1.48. The topological polar surface area (TPSA) is 63.4 Å². The maximum atomic E-state index is 5.82. The molecule has 1 rings (SSSR count). The number of rotatable bonds is 8. The molecule has 0 unspecified atom stereocenters. The molecular formula is C14H26N4O. The summed E-state index contributed by atoms with van der Waals surface area (Å²) >= 11 is 0. The summed E-state index contributed by atoms with van der Waals surface area (Å²) in [5.74, 6) is 1.32. The van der Waals surface area contributed by atoms with Crippen molar-refractivity contribution < 1.29 is 4.74 Å². The normalized spacial score (nSPS) is 11.1. The molecule has 0 radical (unpaired) electrons. The molecule has 0 atom stereocenters. The fraction of sp³-hybridized carbons (Fsp3) is 0.643. The molecule has 0 aliphatic heterocycles. The molecule has 0 aromatic carbocycles. The van der Waals surface area contributed by atoms with Crippen molar-refractivity contribution in [2.75, 3.05) is 37.8 Å². The molecule has 1 heterocycles.